The fraction of sp³-hybridized carbons (Fsp3) is 1.00. The SMILES string of the molecule is CCC(C)(C)N(C)C(C)C(C)CNCC(C)C. The van der Waals surface area contributed by atoms with E-state index in [0.29, 0.717) is 17.5 Å². The van der Waals surface area contributed by atoms with Crippen LogP contribution in [0.15, 0.2) is 0 Å². The molecule has 0 aliphatic carbocycles. The highest BCUT2D eigenvalue weighted by Crippen LogP contribution is 2.22. The van der Waals surface area contributed by atoms with Crippen LogP contribution in [0, 0.1) is 11.8 Å². The molecule has 1 N–H and O–H groups in total. The van der Waals surface area contributed by atoms with E-state index in [-0.39, 0.29) is 0 Å². The summed E-state index contributed by atoms with van der Waals surface area (Å²) in [6.07, 6.45) is 1.19. The number of hydrogen-bond acceptors (Lipinski definition) is 2. The fourth-order valence-electron chi connectivity index (χ4n) is 1.95. The predicted molar refractivity (Wildman–Crippen MR) is 78.5 cm³/mol. The largest absolute Gasteiger partial charge is 0.316 e. The highest BCUT2D eigenvalue weighted by atomic mass is 15.2. The van der Waals surface area contributed by atoms with E-state index in [0.717, 1.165) is 19.0 Å². The Kier molecular flexibility index (Phi) is 7.34. The molecule has 0 aliphatic rings. The Morgan fingerprint density at radius 3 is 2.00 bits per heavy atom. The van der Waals surface area contributed by atoms with Gasteiger partial charge in [0.1, 0.15) is 0 Å². The standard InChI is InChI=1S/C15H34N2/c1-9-15(6,7)17(8)14(5)13(4)11-16-10-12(2)3/h12-14,16H,9-11H2,1-8H3. The third kappa shape index (κ3) is 5.87. The second-order valence-corrected chi connectivity index (χ2v) is 6.55. The van der Waals surface area contributed by atoms with E-state index in [1.165, 1.54) is 6.42 Å². The van der Waals surface area contributed by atoms with Crippen LogP contribution >= 0.6 is 0 Å². The summed E-state index contributed by atoms with van der Waals surface area (Å²) in [7, 11) is 2.26. The van der Waals surface area contributed by atoms with Crippen LogP contribution in [0.1, 0.15) is 54.9 Å². The van der Waals surface area contributed by atoms with Gasteiger partial charge in [0.25, 0.3) is 0 Å². The average molecular weight is 242 g/mol. The molecule has 0 saturated heterocycles. The minimum atomic E-state index is 0.297. The van der Waals surface area contributed by atoms with Crippen LogP contribution in [-0.4, -0.2) is 36.6 Å². The van der Waals surface area contributed by atoms with Crippen LogP contribution in [0.2, 0.25) is 0 Å². The summed E-state index contributed by atoms with van der Waals surface area (Å²) in [4.78, 5) is 2.52. The molecule has 17 heavy (non-hydrogen) atoms. The van der Waals surface area contributed by atoms with E-state index in [2.05, 4.69) is 65.7 Å². The molecule has 0 aromatic carbocycles. The van der Waals surface area contributed by atoms with Crippen LogP contribution in [0.4, 0.5) is 0 Å². The van der Waals surface area contributed by atoms with Gasteiger partial charge < -0.3 is 5.32 Å². The lowest BCUT2D eigenvalue weighted by Crippen LogP contribution is -2.49. The number of hydrogen-bond donors (Lipinski definition) is 1. The molecule has 2 atom stereocenters. The Morgan fingerprint density at radius 1 is 1.06 bits per heavy atom. The average Bonchev–Trinajstić information content (AvgIpc) is 2.26. The molecule has 0 radical (unpaired) electrons. The quantitative estimate of drug-likeness (QED) is 0.702. The first-order chi connectivity index (χ1) is 7.72. The van der Waals surface area contributed by atoms with Gasteiger partial charge in [0.2, 0.25) is 0 Å². The molecule has 0 bridgehead atoms. The first kappa shape index (κ1) is 16.9. The highest BCUT2D eigenvalue weighted by Gasteiger charge is 2.28. The Bertz CT molecular complexity index is 199. The molecule has 104 valence electrons. The summed E-state index contributed by atoms with van der Waals surface area (Å²) >= 11 is 0. The predicted octanol–water partition coefficient (Wildman–Crippen LogP) is 3.38. The molecule has 2 heteroatoms. The van der Waals surface area contributed by atoms with E-state index in [9.17, 15) is 0 Å². The van der Waals surface area contributed by atoms with Gasteiger partial charge in [-0.3, -0.25) is 4.90 Å². The molecule has 0 spiro atoms. The molecule has 0 rings (SSSR count). The van der Waals surface area contributed by atoms with Crippen molar-refractivity contribution in [3.8, 4) is 0 Å². The number of nitrogens with one attached hydrogen (secondary N) is 1. The van der Waals surface area contributed by atoms with E-state index >= 15 is 0 Å². The van der Waals surface area contributed by atoms with Gasteiger partial charge in [-0.2, -0.15) is 0 Å². The second kappa shape index (κ2) is 7.38. The van der Waals surface area contributed by atoms with Crippen molar-refractivity contribution < 1.29 is 0 Å². The van der Waals surface area contributed by atoms with Gasteiger partial charge in [-0.15, -0.1) is 0 Å². The summed E-state index contributed by atoms with van der Waals surface area (Å²) in [6, 6.07) is 0.615. The monoisotopic (exact) mass is 242 g/mol. The van der Waals surface area contributed by atoms with Crippen molar-refractivity contribution in [2.75, 3.05) is 20.1 Å². The zero-order valence-electron chi connectivity index (χ0n) is 13.3. The molecule has 2 unspecified atom stereocenters. The van der Waals surface area contributed by atoms with E-state index in [1.807, 2.05) is 0 Å². The summed E-state index contributed by atoms with van der Waals surface area (Å²) in [5.41, 5.74) is 0.297. The minimum absolute atomic E-state index is 0.297. The Morgan fingerprint density at radius 2 is 1.59 bits per heavy atom. The molecule has 0 amide bonds. The zero-order chi connectivity index (χ0) is 13.6. The Labute approximate surface area is 109 Å². The van der Waals surface area contributed by atoms with E-state index in [1.54, 1.807) is 0 Å². The summed E-state index contributed by atoms with van der Waals surface area (Å²) in [6.45, 7) is 18.4. The van der Waals surface area contributed by atoms with Crippen molar-refractivity contribution in [2.45, 2.75) is 66.5 Å². The second-order valence-electron chi connectivity index (χ2n) is 6.55. The maximum atomic E-state index is 3.56. The molecular weight excluding hydrogens is 208 g/mol. The van der Waals surface area contributed by atoms with Crippen molar-refractivity contribution in [1.82, 2.24) is 10.2 Å². The minimum Gasteiger partial charge on any atom is -0.316 e. The van der Waals surface area contributed by atoms with Crippen molar-refractivity contribution >= 4 is 0 Å². The van der Waals surface area contributed by atoms with Gasteiger partial charge >= 0.3 is 0 Å². The van der Waals surface area contributed by atoms with Crippen LogP contribution in [0.3, 0.4) is 0 Å². The van der Waals surface area contributed by atoms with Crippen LogP contribution < -0.4 is 5.32 Å². The lowest BCUT2D eigenvalue weighted by Gasteiger charge is -2.42. The van der Waals surface area contributed by atoms with Crippen molar-refractivity contribution in [1.29, 1.82) is 0 Å². The van der Waals surface area contributed by atoms with Crippen molar-refractivity contribution in [3.05, 3.63) is 0 Å². The topological polar surface area (TPSA) is 15.3 Å². The van der Waals surface area contributed by atoms with Crippen LogP contribution in [0.25, 0.3) is 0 Å². The first-order valence-corrected chi connectivity index (χ1v) is 7.16. The molecule has 2 nitrogen and oxygen atoms in total. The van der Waals surface area contributed by atoms with Gasteiger partial charge in [-0.05, 0) is 59.2 Å². The third-order valence-corrected chi connectivity index (χ3v) is 4.27. The van der Waals surface area contributed by atoms with Gasteiger partial charge in [-0.25, -0.2) is 0 Å². The third-order valence-electron chi connectivity index (χ3n) is 4.27. The molecule has 0 heterocycles. The lowest BCUT2D eigenvalue weighted by molar-refractivity contribution is 0.0766. The first-order valence-electron chi connectivity index (χ1n) is 7.16. The zero-order valence-corrected chi connectivity index (χ0v) is 13.3. The molecular formula is C15H34N2. The van der Waals surface area contributed by atoms with Gasteiger partial charge in [0.15, 0.2) is 0 Å². The maximum Gasteiger partial charge on any atom is 0.0150 e. The summed E-state index contributed by atoms with van der Waals surface area (Å²) in [5, 5.41) is 3.56. The smallest absolute Gasteiger partial charge is 0.0150 e. The lowest BCUT2D eigenvalue weighted by atomic mass is 9.93. The maximum absolute atomic E-state index is 3.56. The normalized spacial score (nSPS) is 16.6. The molecule has 0 aromatic rings. The number of nitrogens with zero attached hydrogens (tertiary/aromatic N) is 1. The van der Waals surface area contributed by atoms with Crippen molar-refractivity contribution in [3.63, 3.8) is 0 Å². The fourth-order valence-corrected chi connectivity index (χ4v) is 1.95. The Hall–Kier alpha value is -0.0800. The molecule has 0 saturated carbocycles. The number of rotatable bonds is 8. The summed E-state index contributed by atoms with van der Waals surface area (Å²) in [5.74, 6) is 1.42. The van der Waals surface area contributed by atoms with Crippen LogP contribution in [0.5, 0.6) is 0 Å². The highest BCUT2D eigenvalue weighted by molar-refractivity contribution is 4.84. The van der Waals surface area contributed by atoms with Gasteiger partial charge in [0.05, 0.1) is 0 Å². The van der Waals surface area contributed by atoms with Gasteiger partial charge in [-0.1, -0.05) is 27.7 Å². The molecule has 0 aromatic heterocycles. The Balaban J connectivity index is 4.16. The van der Waals surface area contributed by atoms with Crippen molar-refractivity contribution in [2.24, 2.45) is 11.8 Å². The molecule has 0 aliphatic heterocycles. The molecule has 0 fully saturated rings. The van der Waals surface area contributed by atoms with E-state index in [4.69, 9.17) is 0 Å². The summed E-state index contributed by atoms with van der Waals surface area (Å²) < 4.78 is 0. The van der Waals surface area contributed by atoms with Gasteiger partial charge in [0, 0.05) is 11.6 Å². The van der Waals surface area contributed by atoms with Crippen LogP contribution in [-0.2, 0) is 0 Å². The van der Waals surface area contributed by atoms with E-state index < -0.39 is 0 Å².